The maximum absolute atomic E-state index is 9.88. The van der Waals surface area contributed by atoms with Crippen LogP contribution in [0.2, 0.25) is 0 Å². The van der Waals surface area contributed by atoms with Gasteiger partial charge in [0.1, 0.15) is 24.4 Å². The SMILES string of the molecule is CCCCC/C=C/CCCCCCCCCCO[C@H]1[C@@H]([C@H](O)CO)OC[C@@H]1O. The molecule has 0 aromatic heterocycles. The third-order valence-electron chi connectivity index (χ3n) is 5.45. The molecule has 5 heteroatoms. The summed E-state index contributed by atoms with van der Waals surface area (Å²) in [5.41, 5.74) is 0. The van der Waals surface area contributed by atoms with Crippen molar-refractivity contribution in [2.45, 2.75) is 115 Å². The molecule has 1 aliphatic heterocycles. The highest BCUT2D eigenvalue weighted by Crippen LogP contribution is 2.21. The molecule has 0 bridgehead atoms. The zero-order valence-corrected chi connectivity index (χ0v) is 17.9. The summed E-state index contributed by atoms with van der Waals surface area (Å²) in [5, 5.41) is 28.6. The second kappa shape index (κ2) is 17.4. The molecule has 1 rings (SSSR count). The Morgan fingerprint density at radius 2 is 1.50 bits per heavy atom. The van der Waals surface area contributed by atoms with Gasteiger partial charge in [0.2, 0.25) is 0 Å². The number of aliphatic hydroxyl groups excluding tert-OH is 3. The molecular weight excluding hydrogens is 356 g/mol. The van der Waals surface area contributed by atoms with Crippen LogP contribution in [0.4, 0.5) is 0 Å². The van der Waals surface area contributed by atoms with Crippen molar-refractivity contribution in [1.29, 1.82) is 0 Å². The van der Waals surface area contributed by atoms with Gasteiger partial charge in [-0.1, -0.05) is 70.4 Å². The van der Waals surface area contributed by atoms with Gasteiger partial charge in [0.05, 0.1) is 13.2 Å². The monoisotopic (exact) mass is 400 g/mol. The first-order chi connectivity index (χ1) is 13.7. The zero-order chi connectivity index (χ0) is 20.5. The number of hydrogen-bond donors (Lipinski definition) is 3. The Kier molecular flexibility index (Phi) is 15.9. The first-order valence-electron chi connectivity index (χ1n) is 11.6. The van der Waals surface area contributed by atoms with Crippen LogP contribution in [0.25, 0.3) is 0 Å². The quantitative estimate of drug-likeness (QED) is 0.238. The van der Waals surface area contributed by atoms with Gasteiger partial charge in [-0.25, -0.2) is 0 Å². The number of unbranched alkanes of at least 4 members (excludes halogenated alkanes) is 11. The third kappa shape index (κ3) is 11.5. The van der Waals surface area contributed by atoms with Crippen LogP contribution >= 0.6 is 0 Å². The summed E-state index contributed by atoms with van der Waals surface area (Å²) < 4.78 is 11.0. The number of hydrogen-bond acceptors (Lipinski definition) is 5. The molecule has 3 N–H and O–H groups in total. The van der Waals surface area contributed by atoms with E-state index in [2.05, 4.69) is 19.1 Å². The average Bonchev–Trinajstić information content (AvgIpc) is 3.07. The van der Waals surface area contributed by atoms with E-state index in [1.807, 2.05) is 0 Å². The van der Waals surface area contributed by atoms with Crippen molar-refractivity contribution in [1.82, 2.24) is 0 Å². The van der Waals surface area contributed by atoms with Gasteiger partial charge in [-0.2, -0.15) is 0 Å². The summed E-state index contributed by atoms with van der Waals surface area (Å²) in [5.74, 6) is 0. The normalized spacial score (nSPS) is 23.6. The third-order valence-corrected chi connectivity index (χ3v) is 5.45. The van der Waals surface area contributed by atoms with E-state index in [1.165, 1.54) is 70.6 Å². The summed E-state index contributed by atoms with van der Waals surface area (Å²) >= 11 is 0. The highest BCUT2D eigenvalue weighted by atomic mass is 16.6. The Morgan fingerprint density at radius 1 is 0.929 bits per heavy atom. The van der Waals surface area contributed by atoms with E-state index in [4.69, 9.17) is 14.6 Å². The molecule has 0 aromatic carbocycles. The lowest BCUT2D eigenvalue weighted by Crippen LogP contribution is -2.42. The first-order valence-corrected chi connectivity index (χ1v) is 11.6. The predicted octanol–water partition coefficient (Wildman–Crippen LogP) is 4.13. The van der Waals surface area contributed by atoms with Gasteiger partial charge in [0.15, 0.2) is 0 Å². The van der Waals surface area contributed by atoms with Crippen molar-refractivity contribution in [2.24, 2.45) is 0 Å². The van der Waals surface area contributed by atoms with Gasteiger partial charge in [0, 0.05) is 6.61 Å². The molecule has 1 aliphatic rings. The van der Waals surface area contributed by atoms with Crippen LogP contribution in [0.1, 0.15) is 90.4 Å². The molecule has 0 spiro atoms. The van der Waals surface area contributed by atoms with Crippen LogP contribution in [0, 0.1) is 0 Å². The van der Waals surface area contributed by atoms with E-state index >= 15 is 0 Å². The molecule has 5 nitrogen and oxygen atoms in total. The Morgan fingerprint density at radius 3 is 2.11 bits per heavy atom. The minimum Gasteiger partial charge on any atom is -0.394 e. The molecule has 4 atom stereocenters. The van der Waals surface area contributed by atoms with Crippen molar-refractivity contribution < 1.29 is 24.8 Å². The maximum atomic E-state index is 9.88. The number of allylic oxidation sites excluding steroid dienone is 2. The van der Waals surface area contributed by atoms with Crippen LogP contribution in [-0.2, 0) is 9.47 Å². The molecule has 166 valence electrons. The molecule has 1 heterocycles. The van der Waals surface area contributed by atoms with Crippen molar-refractivity contribution in [3.05, 3.63) is 12.2 Å². The molecule has 0 amide bonds. The van der Waals surface area contributed by atoms with Crippen molar-refractivity contribution >= 4 is 0 Å². The Balaban J connectivity index is 1.88. The number of ether oxygens (including phenoxy) is 2. The Labute approximate surface area is 172 Å². The fourth-order valence-corrected chi connectivity index (χ4v) is 3.65. The van der Waals surface area contributed by atoms with E-state index in [0.717, 1.165) is 12.8 Å². The molecule has 1 saturated heterocycles. The molecule has 0 unspecified atom stereocenters. The minimum absolute atomic E-state index is 0.154. The lowest BCUT2D eigenvalue weighted by molar-refractivity contribution is -0.0938. The summed E-state index contributed by atoms with van der Waals surface area (Å²) in [6.07, 6.45) is 18.1. The lowest BCUT2D eigenvalue weighted by Gasteiger charge is -2.23. The predicted molar refractivity (Wildman–Crippen MR) is 113 cm³/mol. The Hall–Kier alpha value is -0.460. The standard InChI is InChI=1S/C23H44O5/c1-2-3-4-5-6-7-8-9-10-11-12-13-14-15-16-17-27-23-21(26)19-28-22(23)20(25)18-24/h6-7,20-26H,2-5,8-19H2,1H3/b7-6+/t20-,21+,22-,23-/m1/s1. The van der Waals surface area contributed by atoms with Crippen LogP contribution in [0.5, 0.6) is 0 Å². The van der Waals surface area contributed by atoms with Gasteiger partial charge >= 0.3 is 0 Å². The van der Waals surface area contributed by atoms with E-state index in [1.54, 1.807) is 0 Å². The smallest absolute Gasteiger partial charge is 0.114 e. The van der Waals surface area contributed by atoms with Gasteiger partial charge in [-0.15, -0.1) is 0 Å². The summed E-state index contributed by atoms with van der Waals surface area (Å²) in [7, 11) is 0. The maximum Gasteiger partial charge on any atom is 0.114 e. The highest BCUT2D eigenvalue weighted by molar-refractivity contribution is 4.89. The molecule has 1 fully saturated rings. The summed E-state index contributed by atoms with van der Waals surface area (Å²) in [4.78, 5) is 0. The van der Waals surface area contributed by atoms with Gasteiger partial charge in [0.25, 0.3) is 0 Å². The molecule has 28 heavy (non-hydrogen) atoms. The molecule has 0 saturated carbocycles. The first kappa shape index (κ1) is 25.6. The number of aliphatic hydroxyl groups is 3. The topological polar surface area (TPSA) is 79.2 Å². The zero-order valence-electron chi connectivity index (χ0n) is 17.9. The van der Waals surface area contributed by atoms with E-state index in [9.17, 15) is 10.2 Å². The average molecular weight is 401 g/mol. The molecule has 0 aromatic rings. The molecular formula is C23H44O5. The Bertz CT molecular complexity index is 374. The highest BCUT2D eigenvalue weighted by Gasteiger charge is 2.40. The van der Waals surface area contributed by atoms with Crippen LogP contribution < -0.4 is 0 Å². The fraction of sp³-hybridized carbons (Fsp3) is 0.913. The second-order valence-corrected chi connectivity index (χ2v) is 8.03. The fourth-order valence-electron chi connectivity index (χ4n) is 3.65. The molecule has 0 aliphatic carbocycles. The largest absolute Gasteiger partial charge is 0.394 e. The van der Waals surface area contributed by atoms with Gasteiger partial charge in [-0.05, 0) is 32.1 Å². The number of rotatable bonds is 18. The van der Waals surface area contributed by atoms with Crippen LogP contribution in [0.15, 0.2) is 12.2 Å². The molecule has 0 radical (unpaired) electrons. The van der Waals surface area contributed by atoms with E-state index in [-0.39, 0.29) is 13.2 Å². The minimum atomic E-state index is -1.00. The van der Waals surface area contributed by atoms with Crippen molar-refractivity contribution in [3.8, 4) is 0 Å². The van der Waals surface area contributed by atoms with E-state index < -0.39 is 24.4 Å². The van der Waals surface area contributed by atoms with Gasteiger partial charge < -0.3 is 24.8 Å². The van der Waals surface area contributed by atoms with Gasteiger partial charge in [-0.3, -0.25) is 0 Å². The van der Waals surface area contributed by atoms with Crippen molar-refractivity contribution in [2.75, 3.05) is 19.8 Å². The van der Waals surface area contributed by atoms with E-state index in [0.29, 0.717) is 6.61 Å². The second-order valence-electron chi connectivity index (χ2n) is 8.03. The van der Waals surface area contributed by atoms with Crippen LogP contribution in [-0.4, -0.2) is 59.6 Å². The lowest BCUT2D eigenvalue weighted by atomic mass is 10.1. The summed E-state index contributed by atoms with van der Waals surface area (Å²) in [6, 6.07) is 0. The van der Waals surface area contributed by atoms with Crippen molar-refractivity contribution in [3.63, 3.8) is 0 Å². The van der Waals surface area contributed by atoms with Crippen LogP contribution in [0.3, 0.4) is 0 Å². The summed E-state index contributed by atoms with van der Waals surface area (Å²) in [6.45, 7) is 2.58.